The van der Waals surface area contributed by atoms with Crippen LogP contribution in [-0.2, 0) is 4.79 Å². The van der Waals surface area contributed by atoms with E-state index in [1.165, 1.54) is 0 Å². The van der Waals surface area contributed by atoms with E-state index in [1.54, 1.807) is 6.92 Å². The van der Waals surface area contributed by atoms with Crippen LogP contribution in [0.2, 0.25) is 0 Å². The maximum absolute atomic E-state index is 11.6. The standard InChI is InChI=1S/C10H21N3O/c1-8(11)10(14)13-6-4-9(5-7-13)12(2)3/h8-9H,4-7,11H2,1-3H3. The zero-order valence-corrected chi connectivity index (χ0v) is 9.36. The molecule has 1 atom stereocenters. The van der Waals surface area contributed by atoms with Gasteiger partial charge in [0.1, 0.15) is 0 Å². The molecular formula is C10H21N3O. The van der Waals surface area contributed by atoms with E-state index in [1.807, 2.05) is 4.90 Å². The molecule has 4 nitrogen and oxygen atoms in total. The van der Waals surface area contributed by atoms with E-state index in [4.69, 9.17) is 5.73 Å². The van der Waals surface area contributed by atoms with Crippen molar-refractivity contribution in [1.82, 2.24) is 9.80 Å². The normalized spacial score (nSPS) is 21.4. The number of carbonyl (C=O) groups excluding carboxylic acids is 1. The fourth-order valence-corrected chi connectivity index (χ4v) is 1.89. The summed E-state index contributed by atoms with van der Waals surface area (Å²) in [7, 11) is 4.18. The number of carbonyl (C=O) groups is 1. The highest BCUT2D eigenvalue weighted by molar-refractivity contribution is 5.81. The van der Waals surface area contributed by atoms with Crippen molar-refractivity contribution in [3.63, 3.8) is 0 Å². The molecule has 1 heterocycles. The molecule has 0 aromatic heterocycles. The third kappa shape index (κ3) is 2.69. The van der Waals surface area contributed by atoms with E-state index < -0.39 is 0 Å². The van der Waals surface area contributed by atoms with Gasteiger partial charge < -0.3 is 15.5 Å². The maximum Gasteiger partial charge on any atom is 0.239 e. The highest BCUT2D eigenvalue weighted by Crippen LogP contribution is 2.14. The number of hydrogen-bond donors (Lipinski definition) is 1. The van der Waals surface area contributed by atoms with Crippen molar-refractivity contribution in [2.45, 2.75) is 31.8 Å². The van der Waals surface area contributed by atoms with E-state index in [0.29, 0.717) is 6.04 Å². The SMILES string of the molecule is CC(N)C(=O)N1CCC(N(C)C)CC1. The first kappa shape index (κ1) is 11.5. The number of piperidine rings is 1. The van der Waals surface area contributed by atoms with Crippen LogP contribution in [0.5, 0.6) is 0 Å². The number of nitrogens with two attached hydrogens (primary N) is 1. The van der Waals surface area contributed by atoms with E-state index >= 15 is 0 Å². The van der Waals surface area contributed by atoms with Crippen LogP contribution in [0.25, 0.3) is 0 Å². The Morgan fingerprint density at radius 2 is 1.93 bits per heavy atom. The number of nitrogens with zero attached hydrogens (tertiary/aromatic N) is 2. The second kappa shape index (κ2) is 4.75. The fourth-order valence-electron chi connectivity index (χ4n) is 1.89. The van der Waals surface area contributed by atoms with Crippen molar-refractivity contribution in [1.29, 1.82) is 0 Å². The molecule has 0 aromatic rings. The zero-order valence-electron chi connectivity index (χ0n) is 9.36. The molecule has 1 amide bonds. The molecule has 1 unspecified atom stereocenters. The Morgan fingerprint density at radius 1 is 1.43 bits per heavy atom. The van der Waals surface area contributed by atoms with Gasteiger partial charge in [-0.05, 0) is 33.9 Å². The molecule has 1 aliphatic heterocycles. The van der Waals surface area contributed by atoms with Crippen molar-refractivity contribution in [3.8, 4) is 0 Å². The van der Waals surface area contributed by atoms with Gasteiger partial charge in [-0.3, -0.25) is 4.79 Å². The van der Waals surface area contributed by atoms with Gasteiger partial charge >= 0.3 is 0 Å². The predicted molar refractivity (Wildman–Crippen MR) is 56.9 cm³/mol. The summed E-state index contributed by atoms with van der Waals surface area (Å²) in [4.78, 5) is 15.7. The predicted octanol–water partition coefficient (Wildman–Crippen LogP) is -0.114. The minimum atomic E-state index is -0.356. The summed E-state index contributed by atoms with van der Waals surface area (Å²) in [6, 6.07) is 0.262. The van der Waals surface area contributed by atoms with Gasteiger partial charge in [0.2, 0.25) is 5.91 Å². The molecule has 0 saturated carbocycles. The van der Waals surface area contributed by atoms with Crippen LogP contribution >= 0.6 is 0 Å². The Kier molecular flexibility index (Phi) is 3.89. The molecule has 2 N–H and O–H groups in total. The van der Waals surface area contributed by atoms with Gasteiger partial charge in [0.05, 0.1) is 6.04 Å². The third-order valence-corrected chi connectivity index (χ3v) is 2.90. The van der Waals surface area contributed by atoms with Gasteiger partial charge in [0.25, 0.3) is 0 Å². The molecule has 0 spiro atoms. The van der Waals surface area contributed by atoms with Crippen LogP contribution in [0.15, 0.2) is 0 Å². The van der Waals surface area contributed by atoms with Crippen molar-refractivity contribution in [3.05, 3.63) is 0 Å². The Hall–Kier alpha value is -0.610. The van der Waals surface area contributed by atoms with E-state index in [-0.39, 0.29) is 11.9 Å². The smallest absolute Gasteiger partial charge is 0.239 e. The lowest BCUT2D eigenvalue weighted by Gasteiger charge is -2.35. The summed E-state index contributed by atoms with van der Waals surface area (Å²) in [5.74, 6) is 0.0854. The zero-order chi connectivity index (χ0) is 10.7. The molecule has 1 fully saturated rings. The molecule has 14 heavy (non-hydrogen) atoms. The second-order valence-corrected chi connectivity index (χ2v) is 4.31. The lowest BCUT2D eigenvalue weighted by molar-refractivity contribution is -0.133. The summed E-state index contributed by atoms with van der Waals surface area (Å²) in [5.41, 5.74) is 5.56. The molecule has 4 heteroatoms. The average molecular weight is 199 g/mol. The average Bonchev–Trinajstić information content (AvgIpc) is 2.16. The molecular weight excluding hydrogens is 178 g/mol. The highest BCUT2D eigenvalue weighted by Gasteiger charge is 2.24. The molecule has 0 radical (unpaired) electrons. The lowest BCUT2D eigenvalue weighted by atomic mass is 10.0. The van der Waals surface area contributed by atoms with Crippen molar-refractivity contribution >= 4 is 5.91 Å². The Morgan fingerprint density at radius 3 is 2.29 bits per heavy atom. The van der Waals surface area contributed by atoms with Crippen LogP contribution < -0.4 is 5.73 Å². The Bertz CT molecular complexity index is 196. The molecule has 0 bridgehead atoms. The number of hydrogen-bond acceptors (Lipinski definition) is 3. The molecule has 0 aromatic carbocycles. The van der Waals surface area contributed by atoms with Gasteiger partial charge in [-0.15, -0.1) is 0 Å². The summed E-state index contributed by atoms with van der Waals surface area (Å²) < 4.78 is 0. The van der Waals surface area contributed by atoms with Crippen molar-refractivity contribution in [2.24, 2.45) is 5.73 Å². The number of likely N-dealkylation sites (tertiary alicyclic amines) is 1. The molecule has 1 aliphatic rings. The first-order valence-corrected chi connectivity index (χ1v) is 5.23. The first-order chi connectivity index (χ1) is 6.52. The molecule has 82 valence electrons. The van der Waals surface area contributed by atoms with Gasteiger partial charge in [-0.1, -0.05) is 0 Å². The van der Waals surface area contributed by atoms with Crippen LogP contribution in [-0.4, -0.2) is 55.0 Å². The molecule has 0 aliphatic carbocycles. The maximum atomic E-state index is 11.6. The minimum Gasteiger partial charge on any atom is -0.341 e. The third-order valence-electron chi connectivity index (χ3n) is 2.90. The van der Waals surface area contributed by atoms with E-state index in [0.717, 1.165) is 25.9 Å². The topological polar surface area (TPSA) is 49.6 Å². The highest BCUT2D eigenvalue weighted by atomic mass is 16.2. The van der Waals surface area contributed by atoms with Gasteiger partial charge in [0, 0.05) is 19.1 Å². The minimum absolute atomic E-state index is 0.0854. The summed E-state index contributed by atoms with van der Waals surface area (Å²) >= 11 is 0. The monoisotopic (exact) mass is 199 g/mol. The van der Waals surface area contributed by atoms with Crippen LogP contribution in [0.1, 0.15) is 19.8 Å². The number of rotatable bonds is 2. The Balaban J connectivity index is 2.39. The molecule has 1 saturated heterocycles. The first-order valence-electron chi connectivity index (χ1n) is 5.23. The van der Waals surface area contributed by atoms with Gasteiger partial charge in [-0.2, -0.15) is 0 Å². The molecule has 1 rings (SSSR count). The van der Waals surface area contributed by atoms with Crippen LogP contribution in [0, 0.1) is 0 Å². The largest absolute Gasteiger partial charge is 0.341 e. The van der Waals surface area contributed by atoms with Crippen LogP contribution in [0.3, 0.4) is 0 Å². The summed E-state index contributed by atoms with van der Waals surface area (Å²) in [6.45, 7) is 3.45. The fraction of sp³-hybridized carbons (Fsp3) is 0.900. The van der Waals surface area contributed by atoms with Crippen molar-refractivity contribution in [2.75, 3.05) is 27.2 Å². The van der Waals surface area contributed by atoms with Gasteiger partial charge in [-0.25, -0.2) is 0 Å². The summed E-state index contributed by atoms with van der Waals surface area (Å²) in [6.07, 6.45) is 2.12. The number of amides is 1. The van der Waals surface area contributed by atoms with Crippen molar-refractivity contribution < 1.29 is 4.79 Å². The van der Waals surface area contributed by atoms with Gasteiger partial charge in [0.15, 0.2) is 0 Å². The summed E-state index contributed by atoms with van der Waals surface area (Å²) in [5, 5.41) is 0. The lowest BCUT2D eigenvalue weighted by Crippen LogP contribution is -2.49. The second-order valence-electron chi connectivity index (χ2n) is 4.31. The van der Waals surface area contributed by atoms with E-state index in [2.05, 4.69) is 19.0 Å². The quantitative estimate of drug-likeness (QED) is 0.675. The Labute approximate surface area is 86.0 Å². The van der Waals surface area contributed by atoms with E-state index in [9.17, 15) is 4.79 Å². The van der Waals surface area contributed by atoms with Crippen LogP contribution in [0.4, 0.5) is 0 Å².